The molecule has 2 heteroatoms. The third kappa shape index (κ3) is 0.940. The van der Waals surface area contributed by atoms with Crippen LogP contribution in [0.4, 0.5) is 0 Å². The molecule has 0 atom stereocenters. The minimum absolute atomic E-state index is 0.850. The van der Waals surface area contributed by atoms with E-state index in [1.807, 2.05) is 6.07 Å². The van der Waals surface area contributed by atoms with Crippen molar-refractivity contribution in [2.24, 2.45) is 0 Å². The molecule has 1 heterocycles. The van der Waals surface area contributed by atoms with Gasteiger partial charge in [-0.05, 0) is 24.4 Å². The van der Waals surface area contributed by atoms with Crippen LogP contribution in [0.15, 0.2) is 41.1 Å². The van der Waals surface area contributed by atoms with E-state index in [1.54, 1.807) is 0 Å². The van der Waals surface area contributed by atoms with Gasteiger partial charge in [-0.2, -0.15) is 0 Å². The van der Waals surface area contributed by atoms with Crippen LogP contribution >= 0.6 is 0 Å². The third-order valence-electron chi connectivity index (χ3n) is 2.47. The van der Waals surface area contributed by atoms with E-state index in [1.165, 1.54) is 17.3 Å². The van der Waals surface area contributed by atoms with Crippen LogP contribution in [0.1, 0.15) is 5.56 Å². The lowest BCUT2D eigenvalue weighted by Crippen LogP contribution is -1.77. The summed E-state index contributed by atoms with van der Waals surface area (Å²) in [4.78, 5) is 4.22. The molecule has 0 spiro atoms. The van der Waals surface area contributed by atoms with Gasteiger partial charge in [-0.1, -0.05) is 23.8 Å². The zero-order chi connectivity index (χ0) is 9.54. The van der Waals surface area contributed by atoms with Crippen molar-refractivity contribution in [1.29, 1.82) is 0 Å². The highest BCUT2D eigenvalue weighted by Crippen LogP contribution is 2.24. The lowest BCUT2D eigenvalue weighted by molar-refractivity contribution is 0.602. The Morgan fingerprint density at radius 3 is 2.93 bits per heavy atom. The van der Waals surface area contributed by atoms with Gasteiger partial charge >= 0.3 is 0 Å². The molecule has 0 aliphatic carbocycles. The second kappa shape index (κ2) is 2.58. The van der Waals surface area contributed by atoms with Gasteiger partial charge < -0.3 is 4.42 Å². The van der Waals surface area contributed by atoms with Gasteiger partial charge in [0.15, 0.2) is 12.0 Å². The van der Waals surface area contributed by atoms with E-state index in [-0.39, 0.29) is 0 Å². The number of hydrogen-bond donors (Lipinski definition) is 0. The second-order valence-corrected chi connectivity index (χ2v) is 3.49. The minimum atomic E-state index is 0.850. The smallest absolute Gasteiger partial charge is 0.182 e. The highest BCUT2D eigenvalue weighted by molar-refractivity contribution is 6.03. The first-order valence-electron chi connectivity index (χ1n) is 4.57. The summed E-state index contributed by atoms with van der Waals surface area (Å²) in [6, 6.07) is 10.4. The molecule has 0 aliphatic rings. The van der Waals surface area contributed by atoms with Crippen LogP contribution in [0.5, 0.6) is 0 Å². The highest BCUT2D eigenvalue weighted by Gasteiger charge is 2.03. The number of nitrogens with zero attached hydrogens (tertiary/aromatic N) is 1. The average molecular weight is 183 g/mol. The van der Waals surface area contributed by atoms with Crippen LogP contribution in [0.2, 0.25) is 0 Å². The molecule has 0 bridgehead atoms. The average Bonchev–Trinajstić information content (AvgIpc) is 2.65. The maximum absolute atomic E-state index is 5.25. The van der Waals surface area contributed by atoms with Crippen LogP contribution in [-0.2, 0) is 0 Å². The summed E-state index contributed by atoms with van der Waals surface area (Å²) in [6.45, 7) is 2.08. The maximum atomic E-state index is 5.25. The van der Waals surface area contributed by atoms with Gasteiger partial charge in [0.05, 0.1) is 0 Å². The molecule has 0 N–H and O–H groups in total. The van der Waals surface area contributed by atoms with Crippen molar-refractivity contribution < 1.29 is 4.42 Å². The Bertz CT molecular complexity index is 610. The van der Waals surface area contributed by atoms with E-state index < -0.39 is 0 Å². The SMILES string of the molecule is Cc1ccc2ccc3ocnc3c2c1. The topological polar surface area (TPSA) is 26.0 Å². The van der Waals surface area contributed by atoms with Gasteiger partial charge in [0.1, 0.15) is 5.52 Å². The summed E-state index contributed by atoms with van der Waals surface area (Å²) in [7, 11) is 0. The molecule has 0 fully saturated rings. The van der Waals surface area contributed by atoms with Crippen molar-refractivity contribution in [2.75, 3.05) is 0 Å². The Kier molecular flexibility index (Phi) is 1.39. The van der Waals surface area contributed by atoms with Crippen LogP contribution in [-0.4, -0.2) is 4.98 Å². The van der Waals surface area contributed by atoms with Gasteiger partial charge in [-0.25, -0.2) is 4.98 Å². The predicted octanol–water partition coefficient (Wildman–Crippen LogP) is 3.29. The molecule has 0 aliphatic heterocycles. The van der Waals surface area contributed by atoms with E-state index >= 15 is 0 Å². The van der Waals surface area contributed by atoms with Crippen molar-refractivity contribution in [3.05, 3.63) is 42.3 Å². The van der Waals surface area contributed by atoms with Gasteiger partial charge in [-0.15, -0.1) is 0 Å². The fourth-order valence-corrected chi connectivity index (χ4v) is 1.76. The van der Waals surface area contributed by atoms with E-state index in [0.29, 0.717) is 0 Å². The maximum Gasteiger partial charge on any atom is 0.182 e. The Labute approximate surface area is 81.2 Å². The van der Waals surface area contributed by atoms with E-state index in [2.05, 4.69) is 36.2 Å². The molecule has 0 unspecified atom stereocenters. The first kappa shape index (κ1) is 7.56. The number of aromatic nitrogens is 1. The van der Waals surface area contributed by atoms with Gasteiger partial charge in [0, 0.05) is 5.39 Å². The molecule has 14 heavy (non-hydrogen) atoms. The number of benzene rings is 2. The summed E-state index contributed by atoms with van der Waals surface area (Å²) in [5.41, 5.74) is 3.04. The fourth-order valence-electron chi connectivity index (χ4n) is 1.76. The largest absolute Gasteiger partial charge is 0.443 e. The van der Waals surface area contributed by atoms with Crippen molar-refractivity contribution >= 4 is 21.9 Å². The summed E-state index contributed by atoms with van der Waals surface area (Å²) in [5, 5.41) is 2.37. The quantitative estimate of drug-likeness (QED) is 0.534. The molecule has 0 saturated carbocycles. The predicted molar refractivity (Wildman–Crippen MR) is 56.3 cm³/mol. The molecule has 0 radical (unpaired) electrons. The lowest BCUT2D eigenvalue weighted by atomic mass is 10.1. The zero-order valence-electron chi connectivity index (χ0n) is 7.82. The lowest BCUT2D eigenvalue weighted by Gasteiger charge is -1.98. The van der Waals surface area contributed by atoms with Crippen LogP contribution < -0.4 is 0 Å². The molecular weight excluding hydrogens is 174 g/mol. The van der Waals surface area contributed by atoms with Crippen molar-refractivity contribution in [3.63, 3.8) is 0 Å². The summed E-state index contributed by atoms with van der Waals surface area (Å²) in [5.74, 6) is 0. The summed E-state index contributed by atoms with van der Waals surface area (Å²) >= 11 is 0. The number of hydrogen-bond acceptors (Lipinski definition) is 2. The Balaban J connectivity index is 2.60. The van der Waals surface area contributed by atoms with Crippen molar-refractivity contribution in [2.45, 2.75) is 6.92 Å². The fraction of sp³-hybridized carbons (Fsp3) is 0.0833. The minimum Gasteiger partial charge on any atom is -0.443 e. The molecule has 2 nitrogen and oxygen atoms in total. The molecule has 2 aromatic carbocycles. The molecule has 68 valence electrons. The first-order valence-corrected chi connectivity index (χ1v) is 4.57. The van der Waals surface area contributed by atoms with Crippen LogP contribution in [0.25, 0.3) is 21.9 Å². The van der Waals surface area contributed by atoms with Crippen molar-refractivity contribution in [1.82, 2.24) is 4.98 Å². The van der Waals surface area contributed by atoms with E-state index in [9.17, 15) is 0 Å². The second-order valence-electron chi connectivity index (χ2n) is 3.49. The number of fused-ring (bicyclic) bond motifs is 3. The summed E-state index contributed by atoms with van der Waals surface area (Å²) in [6.07, 6.45) is 1.49. The third-order valence-corrected chi connectivity index (χ3v) is 2.47. The normalized spacial score (nSPS) is 11.2. The van der Waals surface area contributed by atoms with Gasteiger partial charge in [0.2, 0.25) is 0 Å². The number of oxazole rings is 1. The summed E-state index contributed by atoms with van der Waals surface area (Å²) < 4.78 is 5.25. The molecule has 3 rings (SSSR count). The van der Waals surface area contributed by atoms with Crippen LogP contribution in [0.3, 0.4) is 0 Å². The van der Waals surface area contributed by atoms with E-state index in [0.717, 1.165) is 16.5 Å². The monoisotopic (exact) mass is 183 g/mol. The first-order chi connectivity index (χ1) is 6.84. The van der Waals surface area contributed by atoms with Gasteiger partial charge in [-0.3, -0.25) is 0 Å². The molecule has 0 saturated heterocycles. The number of aryl methyl sites for hydroxylation is 1. The molecule has 1 aromatic heterocycles. The van der Waals surface area contributed by atoms with E-state index in [4.69, 9.17) is 4.42 Å². The Morgan fingerprint density at radius 1 is 1.14 bits per heavy atom. The Hall–Kier alpha value is -1.83. The molecule has 0 amide bonds. The Morgan fingerprint density at radius 2 is 2.00 bits per heavy atom. The van der Waals surface area contributed by atoms with Gasteiger partial charge in [0.25, 0.3) is 0 Å². The zero-order valence-corrected chi connectivity index (χ0v) is 7.82. The van der Waals surface area contributed by atoms with Crippen molar-refractivity contribution in [3.8, 4) is 0 Å². The standard InChI is InChI=1S/C12H9NO/c1-8-2-3-9-4-5-11-12(10(9)6-8)13-7-14-11/h2-7H,1H3. The molecular formula is C12H9NO. The number of rotatable bonds is 0. The highest BCUT2D eigenvalue weighted by atomic mass is 16.3. The molecule has 3 aromatic rings. The van der Waals surface area contributed by atoms with Crippen LogP contribution in [0, 0.1) is 6.92 Å².